The van der Waals surface area contributed by atoms with E-state index in [4.69, 9.17) is 15.9 Å². The molecule has 0 spiro atoms. The molecule has 0 saturated heterocycles. The van der Waals surface area contributed by atoms with Crippen LogP contribution < -0.4 is 9.47 Å². The Hall–Kier alpha value is -3.26. The van der Waals surface area contributed by atoms with Crippen molar-refractivity contribution >= 4 is 11.0 Å². The smallest absolute Gasteiger partial charge is 0.148 e. The van der Waals surface area contributed by atoms with Gasteiger partial charge in [-0.15, -0.1) is 6.42 Å². The second-order valence-electron chi connectivity index (χ2n) is 4.73. The average molecular weight is 305 g/mol. The predicted octanol–water partition coefficient (Wildman–Crippen LogP) is 3.20. The molecule has 3 aromatic rings. The molecule has 0 bridgehead atoms. The summed E-state index contributed by atoms with van der Waals surface area (Å²) in [5.41, 5.74) is 2.54. The molecule has 114 valence electrons. The minimum Gasteiger partial charge on any atom is -0.489 e. The Morgan fingerprint density at radius 2 is 2.22 bits per heavy atom. The van der Waals surface area contributed by atoms with Gasteiger partial charge in [-0.05, 0) is 18.2 Å². The third kappa shape index (κ3) is 3.16. The maximum atomic E-state index is 5.73. The number of ether oxygens (including phenoxy) is 2. The van der Waals surface area contributed by atoms with Crippen LogP contribution in [0.5, 0.6) is 11.5 Å². The van der Waals surface area contributed by atoms with Crippen LogP contribution in [0, 0.1) is 12.3 Å². The lowest BCUT2D eigenvalue weighted by Crippen LogP contribution is -1.98. The van der Waals surface area contributed by atoms with Gasteiger partial charge >= 0.3 is 0 Å². The van der Waals surface area contributed by atoms with Gasteiger partial charge in [-0.1, -0.05) is 18.6 Å². The number of fused-ring (bicyclic) bond motifs is 1. The SMILES string of the molecule is C#CCOc1ccc(-c2nc3ccncc3[nH]2)c(OCC=C)c1. The largest absolute Gasteiger partial charge is 0.489 e. The van der Waals surface area contributed by atoms with Crippen molar-refractivity contribution < 1.29 is 9.47 Å². The number of benzene rings is 1. The van der Waals surface area contributed by atoms with Gasteiger partial charge in [0.1, 0.15) is 30.5 Å². The Morgan fingerprint density at radius 3 is 3.00 bits per heavy atom. The second-order valence-corrected chi connectivity index (χ2v) is 4.73. The average Bonchev–Trinajstić information content (AvgIpc) is 3.02. The van der Waals surface area contributed by atoms with E-state index in [-0.39, 0.29) is 6.61 Å². The molecule has 1 N–H and O–H groups in total. The molecule has 3 rings (SSSR count). The molecule has 0 radical (unpaired) electrons. The summed E-state index contributed by atoms with van der Waals surface area (Å²) in [6.07, 6.45) is 10.3. The fraction of sp³-hybridized carbons (Fsp3) is 0.111. The van der Waals surface area contributed by atoms with E-state index in [0.29, 0.717) is 23.9 Å². The van der Waals surface area contributed by atoms with E-state index in [1.54, 1.807) is 24.5 Å². The van der Waals surface area contributed by atoms with Crippen molar-refractivity contribution in [1.29, 1.82) is 0 Å². The van der Waals surface area contributed by atoms with E-state index in [2.05, 4.69) is 27.5 Å². The summed E-state index contributed by atoms with van der Waals surface area (Å²) in [5, 5.41) is 0. The number of aromatic amines is 1. The van der Waals surface area contributed by atoms with Crippen LogP contribution in [0.3, 0.4) is 0 Å². The Kier molecular flexibility index (Phi) is 4.25. The van der Waals surface area contributed by atoms with Gasteiger partial charge in [0.15, 0.2) is 0 Å². The minimum absolute atomic E-state index is 0.205. The number of imidazole rings is 1. The lowest BCUT2D eigenvalue weighted by Gasteiger charge is -2.11. The zero-order valence-electron chi connectivity index (χ0n) is 12.5. The van der Waals surface area contributed by atoms with E-state index >= 15 is 0 Å². The van der Waals surface area contributed by atoms with Crippen LogP contribution >= 0.6 is 0 Å². The summed E-state index contributed by atoms with van der Waals surface area (Å²) in [6.45, 7) is 4.26. The first-order valence-corrected chi connectivity index (χ1v) is 7.06. The molecule has 0 fully saturated rings. The Morgan fingerprint density at radius 1 is 1.30 bits per heavy atom. The molecule has 0 unspecified atom stereocenters. The van der Waals surface area contributed by atoms with E-state index in [0.717, 1.165) is 16.6 Å². The highest BCUT2D eigenvalue weighted by Gasteiger charge is 2.12. The lowest BCUT2D eigenvalue weighted by molar-refractivity contribution is 0.349. The molecule has 23 heavy (non-hydrogen) atoms. The first-order chi connectivity index (χ1) is 11.3. The third-order valence-corrected chi connectivity index (χ3v) is 3.17. The Labute approximate surface area is 134 Å². The summed E-state index contributed by atoms with van der Waals surface area (Å²) in [4.78, 5) is 11.9. The molecule has 0 amide bonds. The van der Waals surface area contributed by atoms with Crippen molar-refractivity contribution in [3.63, 3.8) is 0 Å². The number of terminal acetylenes is 1. The number of nitrogens with zero attached hydrogens (tertiary/aromatic N) is 2. The number of nitrogens with one attached hydrogen (secondary N) is 1. The Bertz CT molecular complexity index is 844. The summed E-state index contributed by atoms with van der Waals surface area (Å²) in [7, 11) is 0. The van der Waals surface area contributed by atoms with Gasteiger partial charge in [-0.2, -0.15) is 0 Å². The molecule has 5 nitrogen and oxygen atoms in total. The molecule has 2 heterocycles. The fourth-order valence-corrected chi connectivity index (χ4v) is 2.17. The number of rotatable bonds is 6. The molecule has 0 saturated carbocycles. The van der Waals surface area contributed by atoms with E-state index in [1.807, 2.05) is 18.2 Å². The number of H-pyrrole nitrogens is 1. The topological polar surface area (TPSA) is 60.0 Å². The van der Waals surface area contributed by atoms with Gasteiger partial charge < -0.3 is 14.5 Å². The minimum atomic E-state index is 0.205. The predicted molar refractivity (Wildman–Crippen MR) is 89.3 cm³/mol. The Balaban J connectivity index is 2.02. The van der Waals surface area contributed by atoms with E-state index in [1.165, 1.54) is 0 Å². The van der Waals surface area contributed by atoms with Gasteiger partial charge in [0.05, 0.1) is 22.8 Å². The highest BCUT2D eigenvalue weighted by Crippen LogP contribution is 2.33. The summed E-state index contributed by atoms with van der Waals surface area (Å²) in [5.74, 6) is 4.43. The van der Waals surface area contributed by atoms with Crippen LogP contribution in [-0.4, -0.2) is 28.2 Å². The zero-order valence-corrected chi connectivity index (χ0v) is 12.5. The van der Waals surface area contributed by atoms with E-state index < -0.39 is 0 Å². The summed E-state index contributed by atoms with van der Waals surface area (Å²) in [6, 6.07) is 7.36. The van der Waals surface area contributed by atoms with Crippen molar-refractivity contribution in [1.82, 2.24) is 15.0 Å². The third-order valence-electron chi connectivity index (χ3n) is 3.17. The first kappa shape index (κ1) is 14.7. The molecule has 5 heteroatoms. The molecule has 2 aromatic heterocycles. The van der Waals surface area contributed by atoms with Crippen molar-refractivity contribution in [3.8, 4) is 35.2 Å². The van der Waals surface area contributed by atoms with Gasteiger partial charge in [0.2, 0.25) is 0 Å². The van der Waals surface area contributed by atoms with Crippen LogP contribution in [-0.2, 0) is 0 Å². The van der Waals surface area contributed by atoms with Crippen LogP contribution in [0.4, 0.5) is 0 Å². The molecular weight excluding hydrogens is 290 g/mol. The molecule has 0 atom stereocenters. The molecule has 0 aliphatic heterocycles. The summed E-state index contributed by atoms with van der Waals surface area (Å²) >= 11 is 0. The summed E-state index contributed by atoms with van der Waals surface area (Å²) < 4.78 is 11.2. The quantitative estimate of drug-likeness (QED) is 0.561. The van der Waals surface area contributed by atoms with Gasteiger partial charge in [0, 0.05) is 12.3 Å². The van der Waals surface area contributed by atoms with Crippen LogP contribution in [0.15, 0.2) is 49.3 Å². The second kappa shape index (κ2) is 6.67. The highest BCUT2D eigenvalue weighted by atomic mass is 16.5. The number of hydrogen-bond acceptors (Lipinski definition) is 4. The van der Waals surface area contributed by atoms with Crippen molar-refractivity contribution in [2.24, 2.45) is 0 Å². The number of pyridine rings is 1. The normalized spacial score (nSPS) is 10.2. The number of hydrogen-bond donors (Lipinski definition) is 1. The van der Waals surface area contributed by atoms with Gasteiger partial charge in [-0.3, -0.25) is 4.98 Å². The number of aromatic nitrogens is 3. The monoisotopic (exact) mass is 305 g/mol. The molecule has 0 aliphatic rings. The molecular formula is C18H15N3O2. The van der Waals surface area contributed by atoms with Crippen molar-refractivity contribution in [2.45, 2.75) is 0 Å². The fourth-order valence-electron chi connectivity index (χ4n) is 2.17. The van der Waals surface area contributed by atoms with Crippen molar-refractivity contribution in [2.75, 3.05) is 13.2 Å². The van der Waals surface area contributed by atoms with Crippen LogP contribution in [0.2, 0.25) is 0 Å². The highest BCUT2D eigenvalue weighted by molar-refractivity contribution is 5.80. The van der Waals surface area contributed by atoms with E-state index in [9.17, 15) is 0 Å². The maximum Gasteiger partial charge on any atom is 0.148 e. The zero-order chi connectivity index (χ0) is 16.1. The van der Waals surface area contributed by atoms with Crippen LogP contribution in [0.1, 0.15) is 0 Å². The first-order valence-electron chi connectivity index (χ1n) is 7.06. The van der Waals surface area contributed by atoms with Gasteiger partial charge in [-0.25, -0.2) is 4.98 Å². The molecule has 1 aromatic carbocycles. The van der Waals surface area contributed by atoms with Gasteiger partial charge in [0.25, 0.3) is 0 Å². The maximum absolute atomic E-state index is 5.73. The van der Waals surface area contributed by atoms with Crippen molar-refractivity contribution in [3.05, 3.63) is 49.3 Å². The van der Waals surface area contributed by atoms with Crippen LogP contribution in [0.25, 0.3) is 22.4 Å². The molecule has 0 aliphatic carbocycles. The standard InChI is InChI=1S/C18H15N3O2/c1-3-9-22-13-5-6-14(17(11-13)23-10-4-2)18-20-15-7-8-19-12-16(15)21-18/h1,4-8,11-12H,2,9-10H2,(H,20,21). The lowest BCUT2D eigenvalue weighted by atomic mass is 10.2.